The highest BCUT2D eigenvalue weighted by atomic mass is 16.5. The van der Waals surface area contributed by atoms with E-state index >= 15 is 0 Å². The second-order valence-corrected chi connectivity index (χ2v) is 2.82. The average molecular weight is 192 g/mol. The zero-order valence-corrected chi connectivity index (χ0v) is 7.93. The van der Waals surface area contributed by atoms with Gasteiger partial charge in [0, 0.05) is 7.11 Å². The molecule has 0 radical (unpaired) electrons. The first-order valence-electron chi connectivity index (χ1n) is 4.22. The van der Waals surface area contributed by atoms with Gasteiger partial charge in [-0.2, -0.15) is 0 Å². The molecule has 0 bridgehead atoms. The van der Waals surface area contributed by atoms with Crippen molar-refractivity contribution >= 4 is 12.0 Å². The predicted octanol–water partition coefficient (Wildman–Crippen LogP) is 1.80. The molecule has 0 fully saturated rings. The first-order chi connectivity index (χ1) is 6.74. The topological polar surface area (TPSA) is 46.5 Å². The minimum Gasteiger partial charge on any atom is -0.478 e. The summed E-state index contributed by atoms with van der Waals surface area (Å²) >= 11 is 0. The van der Waals surface area contributed by atoms with Gasteiger partial charge >= 0.3 is 5.97 Å². The first-order valence-corrected chi connectivity index (χ1v) is 4.22. The van der Waals surface area contributed by atoms with E-state index < -0.39 is 5.97 Å². The Morgan fingerprint density at radius 2 is 2.07 bits per heavy atom. The lowest BCUT2D eigenvalue weighted by Gasteiger charge is -2.00. The van der Waals surface area contributed by atoms with Gasteiger partial charge in [-0.1, -0.05) is 30.3 Å². The molecule has 1 aromatic carbocycles. The van der Waals surface area contributed by atoms with Crippen LogP contribution in [0.2, 0.25) is 0 Å². The van der Waals surface area contributed by atoms with Crippen LogP contribution >= 0.6 is 0 Å². The van der Waals surface area contributed by atoms with Crippen molar-refractivity contribution in [3.05, 3.63) is 41.5 Å². The molecule has 3 nitrogen and oxygen atoms in total. The molecule has 0 heterocycles. The maximum Gasteiger partial charge on any atom is 0.333 e. The summed E-state index contributed by atoms with van der Waals surface area (Å²) in [6, 6.07) is 9.29. The smallest absolute Gasteiger partial charge is 0.333 e. The molecule has 3 heteroatoms. The second kappa shape index (κ2) is 5.19. The molecule has 1 aromatic rings. The van der Waals surface area contributed by atoms with E-state index in [0.29, 0.717) is 0 Å². The number of benzene rings is 1. The van der Waals surface area contributed by atoms with E-state index in [0.717, 1.165) is 5.56 Å². The number of hydrogen-bond acceptors (Lipinski definition) is 2. The van der Waals surface area contributed by atoms with E-state index in [4.69, 9.17) is 9.84 Å². The Morgan fingerprint density at radius 1 is 1.43 bits per heavy atom. The number of ether oxygens (including phenoxy) is 1. The molecule has 0 spiro atoms. The zero-order valence-electron chi connectivity index (χ0n) is 7.93. The van der Waals surface area contributed by atoms with Gasteiger partial charge < -0.3 is 9.84 Å². The molecular weight excluding hydrogens is 180 g/mol. The number of aliphatic carboxylic acids is 1. The highest BCUT2D eigenvalue weighted by Gasteiger charge is 2.05. The highest BCUT2D eigenvalue weighted by molar-refractivity contribution is 5.92. The van der Waals surface area contributed by atoms with Crippen molar-refractivity contribution in [3.63, 3.8) is 0 Å². The number of carboxylic acids is 1. The fraction of sp³-hybridized carbons (Fsp3) is 0.182. The van der Waals surface area contributed by atoms with Crippen molar-refractivity contribution in [3.8, 4) is 0 Å². The van der Waals surface area contributed by atoms with E-state index in [1.165, 1.54) is 7.11 Å². The van der Waals surface area contributed by atoms with Crippen molar-refractivity contribution in [1.82, 2.24) is 0 Å². The average Bonchev–Trinajstić information content (AvgIpc) is 2.18. The molecule has 0 aliphatic carbocycles. The van der Waals surface area contributed by atoms with Crippen molar-refractivity contribution in [2.45, 2.75) is 0 Å². The summed E-state index contributed by atoms with van der Waals surface area (Å²) in [7, 11) is 1.47. The highest BCUT2D eigenvalue weighted by Crippen LogP contribution is 2.06. The molecule has 0 unspecified atom stereocenters. The molecule has 0 aliphatic heterocycles. The van der Waals surface area contributed by atoms with Crippen molar-refractivity contribution < 1.29 is 14.6 Å². The summed E-state index contributed by atoms with van der Waals surface area (Å²) in [6.45, 7) is 0.115. The number of carboxylic acid groups (broad SMARTS) is 1. The first kappa shape index (κ1) is 10.5. The summed E-state index contributed by atoms with van der Waals surface area (Å²) in [5.74, 6) is -0.948. The molecule has 0 aromatic heterocycles. The van der Waals surface area contributed by atoms with E-state index in [1.54, 1.807) is 6.08 Å². The second-order valence-electron chi connectivity index (χ2n) is 2.82. The Labute approximate surface area is 82.6 Å². The van der Waals surface area contributed by atoms with Gasteiger partial charge in [-0.25, -0.2) is 4.79 Å². The third-order valence-electron chi connectivity index (χ3n) is 1.72. The van der Waals surface area contributed by atoms with E-state index in [2.05, 4.69) is 0 Å². The van der Waals surface area contributed by atoms with Crippen LogP contribution in [-0.2, 0) is 9.53 Å². The number of hydrogen-bond donors (Lipinski definition) is 1. The summed E-state index contributed by atoms with van der Waals surface area (Å²) in [4.78, 5) is 10.7. The fourth-order valence-corrected chi connectivity index (χ4v) is 1.07. The van der Waals surface area contributed by atoms with Crippen molar-refractivity contribution in [2.24, 2.45) is 0 Å². The van der Waals surface area contributed by atoms with Gasteiger partial charge in [0.2, 0.25) is 0 Å². The van der Waals surface area contributed by atoms with Crippen LogP contribution in [0.25, 0.3) is 6.08 Å². The normalized spacial score (nSPS) is 11.4. The Morgan fingerprint density at radius 3 is 2.57 bits per heavy atom. The van der Waals surface area contributed by atoms with E-state index in [1.807, 2.05) is 30.3 Å². The Hall–Kier alpha value is -1.61. The van der Waals surface area contributed by atoms with Gasteiger partial charge in [0.25, 0.3) is 0 Å². The molecule has 0 saturated carbocycles. The molecule has 1 N–H and O–H groups in total. The van der Waals surface area contributed by atoms with E-state index in [9.17, 15) is 4.79 Å². The molecule has 0 amide bonds. The zero-order chi connectivity index (χ0) is 10.4. The summed E-state index contributed by atoms with van der Waals surface area (Å²) in [5.41, 5.74) is 1.11. The molecule has 14 heavy (non-hydrogen) atoms. The summed E-state index contributed by atoms with van der Waals surface area (Å²) in [6.07, 6.45) is 1.60. The van der Waals surface area contributed by atoms with Crippen LogP contribution in [0.4, 0.5) is 0 Å². The SMILES string of the molecule is COCC(=Cc1ccccc1)C(=O)O. The Bertz CT molecular complexity index is 328. The van der Waals surface area contributed by atoms with Crippen LogP contribution in [0.3, 0.4) is 0 Å². The Kier molecular flexibility index (Phi) is 3.88. The van der Waals surface area contributed by atoms with Gasteiger partial charge in [-0.3, -0.25) is 0 Å². The predicted molar refractivity (Wildman–Crippen MR) is 53.9 cm³/mol. The molecular formula is C11H12O3. The fourth-order valence-electron chi connectivity index (χ4n) is 1.07. The minimum atomic E-state index is -0.948. The van der Waals surface area contributed by atoms with Crippen LogP contribution in [0.5, 0.6) is 0 Å². The Balaban J connectivity index is 2.88. The maximum absolute atomic E-state index is 10.7. The van der Waals surface area contributed by atoms with Crippen LogP contribution in [-0.4, -0.2) is 24.8 Å². The van der Waals surface area contributed by atoms with Crippen LogP contribution in [0, 0.1) is 0 Å². The third kappa shape index (κ3) is 3.03. The lowest BCUT2D eigenvalue weighted by Crippen LogP contribution is -2.06. The lowest BCUT2D eigenvalue weighted by atomic mass is 10.1. The number of carbonyl (C=O) groups is 1. The number of rotatable bonds is 4. The van der Waals surface area contributed by atoms with Gasteiger partial charge in [0.05, 0.1) is 12.2 Å². The lowest BCUT2D eigenvalue weighted by molar-refractivity contribution is -0.133. The molecule has 1 rings (SSSR count). The van der Waals surface area contributed by atoms with Gasteiger partial charge in [-0.15, -0.1) is 0 Å². The maximum atomic E-state index is 10.7. The largest absolute Gasteiger partial charge is 0.478 e. The molecule has 74 valence electrons. The summed E-state index contributed by atoms with van der Waals surface area (Å²) in [5, 5.41) is 8.82. The quantitative estimate of drug-likeness (QED) is 0.740. The van der Waals surface area contributed by atoms with Crippen molar-refractivity contribution in [2.75, 3.05) is 13.7 Å². The molecule has 0 atom stereocenters. The third-order valence-corrected chi connectivity index (χ3v) is 1.72. The van der Waals surface area contributed by atoms with Gasteiger partial charge in [0.1, 0.15) is 0 Å². The van der Waals surface area contributed by atoms with Gasteiger partial charge in [-0.05, 0) is 11.6 Å². The molecule has 0 saturated heterocycles. The van der Waals surface area contributed by atoms with E-state index in [-0.39, 0.29) is 12.2 Å². The van der Waals surface area contributed by atoms with Crippen LogP contribution < -0.4 is 0 Å². The monoisotopic (exact) mass is 192 g/mol. The van der Waals surface area contributed by atoms with Crippen LogP contribution in [0.15, 0.2) is 35.9 Å². The van der Waals surface area contributed by atoms with Crippen molar-refractivity contribution in [1.29, 1.82) is 0 Å². The molecule has 0 aliphatic rings. The van der Waals surface area contributed by atoms with Crippen LogP contribution in [0.1, 0.15) is 5.56 Å². The minimum absolute atomic E-state index is 0.115. The summed E-state index contributed by atoms with van der Waals surface area (Å²) < 4.78 is 4.79. The number of methoxy groups -OCH3 is 1. The standard InChI is InChI=1S/C11H12O3/c1-14-8-10(11(12)13)7-9-5-3-2-4-6-9/h2-7H,8H2,1H3,(H,12,13). The van der Waals surface area contributed by atoms with Gasteiger partial charge in [0.15, 0.2) is 0 Å².